The molecule has 1 aromatic heterocycles. The fraction of sp³-hybridized carbons (Fsp3) is 0.417. The van der Waals surface area contributed by atoms with Gasteiger partial charge >= 0.3 is 6.03 Å². The van der Waals surface area contributed by atoms with Gasteiger partial charge in [0.2, 0.25) is 0 Å². The number of aryl methyl sites for hydroxylation is 1. The second-order valence-electron chi connectivity index (χ2n) is 7.73. The minimum atomic E-state index is -0.0839. The number of carbonyl (C=O) groups excluding carboxylic acids is 1. The molecule has 30 heavy (non-hydrogen) atoms. The second kappa shape index (κ2) is 8.78. The number of nitrogens with one attached hydrogen (secondary N) is 1. The number of rotatable bonds is 6. The van der Waals surface area contributed by atoms with E-state index >= 15 is 0 Å². The molecule has 1 N–H and O–H groups in total. The van der Waals surface area contributed by atoms with Crippen LogP contribution in [0.15, 0.2) is 48.5 Å². The van der Waals surface area contributed by atoms with Crippen molar-refractivity contribution in [1.29, 1.82) is 0 Å². The van der Waals surface area contributed by atoms with Crippen LogP contribution in [0.25, 0.3) is 11.0 Å². The number of fused-ring (bicyclic) bond motifs is 1. The Hall–Kier alpha value is -3.02. The molecule has 2 atom stereocenters. The van der Waals surface area contributed by atoms with E-state index in [-0.39, 0.29) is 18.1 Å². The van der Waals surface area contributed by atoms with Crippen molar-refractivity contribution in [1.82, 2.24) is 19.8 Å². The molecule has 2 heterocycles. The van der Waals surface area contributed by atoms with Crippen molar-refractivity contribution in [3.63, 3.8) is 0 Å². The summed E-state index contributed by atoms with van der Waals surface area (Å²) < 4.78 is 7.75. The van der Waals surface area contributed by atoms with Crippen molar-refractivity contribution in [2.75, 3.05) is 13.2 Å². The SMILES string of the molecule is CCOc1ccc(C(C)NC(=O)N2CCCC2c2nc3ccccc3n2CC)cc1. The number of amides is 2. The second-order valence-corrected chi connectivity index (χ2v) is 7.73. The third kappa shape index (κ3) is 3.86. The van der Waals surface area contributed by atoms with Gasteiger partial charge in [-0.3, -0.25) is 0 Å². The number of urea groups is 1. The predicted octanol–water partition coefficient (Wildman–Crippen LogP) is 5.06. The maximum atomic E-state index is 13.2. The smallest absolute Gasteiger partial charge is 0.318 e. The van der Waals surface area contributed by atoms with Crippen LogP contribution in [0.4, 0.5) is 4.79 Å². The number of para-hydroxylation sites is 2. The van der Waals surface area contributed by atoms with E-state index in [1.807, 2.05) is 61.2 Å². The standard InChI is InChI=1S/C24H30N4O2/c1-4-27-21-10-7-6-9-20(21)26-23(27)22-11-8-16-28(22)24(29)25-17(3)18-12-14-19(15-13-18)30-5-2/h6-7,9-10,12-15,17,22H,4-5,8,11,16H2,1-3H3,(H,25,29). The molecule has 1 fully saturated rings. The van der Waals surface area contributed by atoms with Crippen LogP contribution in [0.1, 0.15) is 57.1 Å². The van der Waals surface area contributed by atoms with Crippen LogP contribution in [-0.4, -0.2) is 33.6 Å². The summed E-state index contributed by atoms with van der Waals surface area (Å²) in [4.78, 5) is 20.0. The summed E-state index contributed by atoms with van der Waals surface area (Å²) in [6.45, 7) is 8.34. The van der Waals surface area contributed by atoms with Crippen LogP contribution in [0, 0.1) is 0 Å². The van der Waals surface area contributed by atoms with Gasteiger partial charge in [-0.2, -0.15) is 0 Å². The van der Waals surface area contributed by atoms with Gasteiger partial charge in [0.15, 0.2) is 0 Å². The Labute approximate surface area is 177 Å². The summed E-state index contributed by atoms with van der Waals surface area (Å²) in [6.07, 6.45) is 1.93. The molecule has 0 aliphatic carbocycles. The summed E-state index contributed by atoms with van der Waals surface area (Å²) in [5.74, 6) is 1.83. The molecule has 1 aliphatic heterocycles. The number of benzene rings is 2. The molecule has 2 aromatic carbocycles. The Morgan fingerprint density at radius 2 is 1.97 bits per heavy atom. The molecule has 3 aromatic rings. The molecule has 6 heteroatoms. The Kier molecular flexibility index (Phi) is 5.93. The van der Waals surface area contributed by atoms with E-state index in [1.165, 1.54) is 0 Å². The first-order valence-electron chi connectivity index (χ1n) is 10.9. The molecular weight excluding hydrogens is 376 g/mol. The molecule has 0 saturated carbocycles. The Balaban J connectivity index is 1.51. The average molecular weight is 407 g/mol. The monoisotopic (exact) mass is 406 g/mol. The van der Waals surface area contributed by atoms with Crippen molar-refractivity contribution >= 4 is 17.1 Å². The molecule has 0 bridgehead atoms. The minimum absolute atomic E-state index is 0.00452. The van der Waals surface area contributed by atoms with E-state index in [0.717, 1.165) is 54.1 Å². The van der Waals surface area contributed by atoms with E-state index < -0.39 is 0 Å². The summed E-state index contributed by atoms with van der Waals surface area (Å²) in [5.41, 5.74) is 3.18. The van der Waals surface area contributed by atoms with Crippen molar-refractivity contribution in [3.8, 4) is 5.75 Å². The quantitative estimate of drug-likeness (QED) is 0.622. The summed E-state index contributed by atoms with van der Waals surface area (Å²) in [5, 5.41) is 3.17. The van der Waals surface area contributed by atoms with Gasteiger partial charge in [-0.05, 0) is 63.4 Å². The molecule has 6 nitrogen and oxygen atoms in total. The zero-order chi connectivity index (χ0) is 21.1. The lowest BCUT2D eigenvalue weighted by Gasteiger charge is -2.27. The molecule has 2 unspecified atom stereocenters. The van der Waals surface area contributed by atoms with Crippen molar-refractivity contribution in [2.24, 2.45) is 0 Å². The van der Waals surface area contributed by atoms with Gasteiger partial charge in [-0.15, -0.1) is 0 Å². The maximum Gasteiger partial charge on any atom is 0.318 e. The van der Waals surface area contributed by atoms with E-state index in [1.54, 1.807) is 0 Å². The normalized spacial score (nSPS) is 17.3. The number of nitrogens with zero attached hydrogens (tertiary/aromatic N) is 3. The van der Waals surface area contributed by atoms with Crippen LogP contribution in [0.5, 0.6) is 5.75 Å². The van der Waals surface area contributed by atoms with E-state index in [2.05, 4.69) is 22.9 Å². The molecular formula is C24H30N4O2. The number of ether oxygens (including phenoxy) is 1. The third-order valence-corrected chi connectivity index (χ3v) is 5.84. The summed E-state index contributed by atoms with van der Waals surface area (Å²) in [7, 11) is 0. The van der Waals surface area contributed by atoms with Gasteiger partial charge in [0.1, 0.15) is 11.6 Å². The van der Waals surface area contributed by atoms with Crippen molar-refractivity contribution < 1.29 is 9.53 Å². The Morgan fingerprint density at radius 1 is 1.20 bits per heavy atom. The van der Waals surface area contributed by atoms with Crippen LogP contribution in [0.2, 0.25) is 0 Å². The summed E-state index contributed by atoms with van der Waals surface area (Å²) >= 11 is 0. The number of carbonyl (C=O) groups is 1. The van der Waals surface area contributed by atoms with E-state index in [9.17, 15) is 4.79 Å². The number of likely N-dealkylation sites (tertiary alicyclic amines) is 1. The van der Waals surface area contributed by atoms with Gasteiger partial charge in [-0.1, -0.05) is 24.3 Å². The largest absolute Gasteiger partial charge is 0.494 e. The highest BCUT2D eigenvalue weighted by Gasteiger charge is 2.34. The molecule has 2 amide bonds. The molecule has 158 valence electrons. The van der Waals surface area contributed by atoms with E-state index in [4.69, 9.17) is 9.72 Å². The highest BCUT2D eigenvalue weighted by Crippen LogP contribution is 2.33. The number of imidazole rings is 1. The molecule has 0 radical (unpaired) electrons. The first-order chi connectivity index (χ1) is 14.6. The van der Waals surface area contributed by atoms with Crippen LogP contribution in [-0.2, 0) is 6.54 Å². The molecule has 1 saturated heterocycles. The highest BCUT2D eigenvalue weighted by atomic mass is 16.5. The fourth-order valence-corrected chi connectivity index (χ4v) is 4.33. The summed E-state index contributed by atoms with van der Waals surface area (Å²) in [6, 6.07) is 16.0. The zero-order valence-electron chi connectivity index (χ0n) is 18.0. The fourth-order valence-electron chi connectivity index (χ4n) is 4.33. The molecule has 4 rings (SSSR count). The first-order valence-corrected chi connectivity index (χ1v) is 10.9. The molecule has 1 aliphatic rings. The highest BCUT2D eigenvalue weighted by molar-refractivity contribution is 5.78. The van der Waals surface area contributed by atoms with Gasteiger partial charge in [0.25, 0.3) is 0 Å². The zero-order valence-corrected chi connectivity index (χ0v) is 18.0. The van der Waals surface area contributed by atoms with Gasteiger partial charge in [0.05, 0.1) is 29.7 Å². The molecule has 0 spiro atoms. The van der Waals surface area contributed by atoms with Gasteiger partial charge < -0.3 is 19.5 Å². The average Bonchev–Trinajstić information content (AvgIpc) is 3.38. The minimum Gasteiger partial charge on any atom is -0.494 e. The predicted molar refractivity (Wildman–Crippen MR) is 119 cm³/mol. The van der Waals surface area contributed by atoms with Crippen molar-refractivity contribution in [3.05, 3.63) is 59.9 Å². The lowest BCUT2D eigenvalue weighted by atomic mass is 10.1. The topological polar surface area (TPSA) is 59.4 Å². The van der Waals surface area contributed by atoms with Crippen LogP contribution >= 0.6 is 0 Å². The van der Waals surface area contributed by atoms with Crippen LogP contribution in [0.3, 0.4) is 0 Å². The number of hydrogen-bond donors (Lipinski definition) is 1. The van der Waals surface area contributed by atoms with Gasteiger partial charge in [-0.25, -0.2) is 9.78 Å². The first kappa shape index (κ1) is 20.3. The Bertz CT molecular complexity index is 1010. The van der Waals surface area contributed by atoms with E-state index in [0.29, 0.717) is 6.61 Å². The number of hydrogen-bond acceptors (Lipinski definition) is 3. The van der Waals surface area contributed by atoms with Crippen LogP contribution < -0.4 is 10.1 Å². The lowest BCUT2D eigenvalue weighted by molar-refractivity contribution is 0.187. The van der Waals surface area contributed by atoms with Crippen molar-refractivity contribution in [2.45, 2.75) is 52.2 Å². The third-order valence-electron chi connectivity index (χ3n) is 5.84. The Morgan fingerprint density at radius 3 is 2.70 bits per heavy atom. The lowest BCUT2D eigenvalue weighted by Crippen LogP contribution is -2.41. The number of aromatic nitrogens is 2. The van der Waals surface area contributed by atoms with Gasteiger partial charge in [0, 0.05) is 13.1 Å². The maximum absolute atomic E-state index is 13.2.